The summed E-state index contributed by atoms with van der Waals surface area (Å²) in [6, 6.07) is 4.12. The summed E-state index contributed by atoms with van der Waals surface area (Å²) >= 11 is 0. The van der Waals surface area contributed by atoms with Gasteiger partial charge >= 0.3 is 5.97 Å². The Hall–Kier alpha value is -1.85. The molecule has 0 amide bonds. The number of halogens is 2. The minimum absolute atomic E-state index is 0.00727. The number of carbonyl (C=O) groups excluding carboxylic acids is 1. The fraction of sp³-hybridized carbons (Fsp3) is 0.300. The van der Waals surface area contributed by atoms with E-state index in [4.69, 9.17) is 10.5 Å². The Morgan fingerprint density at radius 1 is 1.50 bits per heavy atom. The summed E-state index contributed by atoms with van der Waals surface area (Å²) in [7, 11) is 1.19. The zero-order valence-corrected chi connectivity index (χ0v) is 8.57. The van der Waals surface area contributed by atoms with Crippen molar-refractivity contribution in [3.63, 3.8) is 0 Å². The highest BCUT2D eigenvalue weighted by atomic mass is 19.3. The summed E-state index contributed by atoms with van der Waals surface area (Å²) in [4.78, 5) is 11.3. The number of ether oxygens (including phenoxy) is 2. The van der Waals surface area contributed by atoms with Crippen LogP contribution in [0.4, 0.5) is 14.5 Å². The Bertz CT molecular complexity index is 382. The number of anilines is 1. The van der Waals surface area contributed by atoms with Gasteiger partial charge in [0.15, 0.2) is 0 Å². The number of carbonyl (C=O) groups is 1. The first-order chi connectivity index (χ1) is 7.54. The normalized spacial score (nSPS) is 10.2. The number of esters is 1. The molecule has 16 heavy (non-hydrogen) atoms. The van der Waals surface area contributed by atoms with E-state index in [0.717, 1.165) is 0 Å². The average Bonchev–Trinajstić information content (AvgIpc) is 2.25. The Labute approximate surface area is 91.0 Å². The molecule has 0 aliphatic heterocycles. The fourth-order valence-corrected chi connectivity index (χ4v) is 1.09. The van der Waals surface area contributed by atoms with Crippen LogP contribution in [-0.4, -0.2) is 26.1 Å². The second kappa shape index (κ2) is 5.29. The number of benzene rings is 1. The maximum atomic E-state index is 12.0. The van der Waals surface area contributed by atoms with Crippen LogP contribution in [-0.2, 0) is 4.74 Å². The van der Waals surface area contributed by atoms with Crippen LogP contribution >= 0.6 is 0 Å². The standard InChI is InChI=1S/C10H11F2NO3/c1-15-10(14)7-3-2-6(13)4-8(7)16-5-9(11)12/h2-4,9H,5,13H2,1H3. The van der Waals surface area contributed by atoms with Crippen molar-refractivity contribution in [1.29, 1.82) is 0 Å². The fourth-order valence-electron chi connectivity index (χ4n) is 1.09. The van der Waals surface area contributed by atoms with Crippen LogP contribution < -0.4 is 10.5 Å². The zero-order valence-electron chi connectivity index (χ0n) is 8.57. The monoisotopic (exact) mass is 231 g/mol. The number of nitrogens with two attached hydrogens (primary N) is 1. The number of methoxy groups -OCH3 is 1. The van der Waals surface area contributed by atoms with Crippen molar-refractivity contribution in [2.24, 2.45) is 0 Å². The van der Waals surface area contributed by atoms with Crippen LogP contribution in [0, 0.1) is 0 Å². The van der Waals surface area contributed by atoms with Gasteiger partial charge in [-0.2, -0.15) is 0 Å². The molecule has 0 spiro atoms. The van der Waals surface area contributed by atoms with Crippen LogP contribution in [0.2, 0.25) is 0 Å². The van der Waals surface area contributed by atoms with Crippen LogP contribution in [0.3, 0.4) is 0 Å². The van der Waals surface area contributed by atoms with Crippen molar-refractivity contribution in [3.8, 4) is 5.75 Å². The molecule has 0 heterocycles. The van der Waals surface area contributed by atoms with E-state index < -0.39 is 19.0 Å². The summed E-state index contributed by atoms with van der Waals surface area (Å²) in [6.45, 7) is -0.798. The summed E-state index contributed by atoms with van der Waals surface area (Å²) < 4.78 is 33.2. The molecule has 0 saturated carbocycles. The highest BCUT2D eigenvalue weighted by molar-refractivity contribution is 5.93. The number of hydrogen-bond acceptors (Lipinski definition) is 4. The molecule has 0 aliphatic carbocycles. The van der Waals surface area contributed by atoms with E-state index >= 15 is 0 Å². The largest absolute Gasteiger partial charge is 0.487 e. The lowest BCUT2D eigenvalue weighted by atomic mass is 10.2. The van der Waals surface area contributed by atoms with Gasteiger partial charge in [0.2, 0.25) is 0 Å². The molecule has 0 saturated heterocycles. The van der Waals surface area contributed by atoms with Crippen LogP contribution in [0.5, 0.6) is 5.75 Å². The topological polar surface area (TPSA) is 61.5 Å². The molecule has 2 N–H and O–H groups in total. The second-order valence-corrected chi connectivity index (χ2v) is 2.95. The lowest BCUT2D eigenvalue weighted by Crippen LogP contribution is -2.11. The maximum Gasteiger partial charge on any atom is 0.341 e. The minimum atomic E-state index is -2.62. The molecule has 1 aromatic carbocycles. The van der Waals surface area contributed by atoms with Crippen LogP contribution in [0.15, 0.2) is 18.2 Å². The van der Waals surface area contributed by atoms with Gasteiger partial charge in [-0.3, -0.25) is 0 Å². The van der Waals surface area contributed by atoms with E-state index in [0.29, 0.717) is 5.69 Å². The molecule has 0 radical (unpaired) electrons. The number of hydrogen-bond donors (Lipinski definition) is 1. The van der Waals surface area contributed by atoms with E-state index in [-0.39, 0.29) is 11.3 Å². The number of nitrogen functional groups attached to an aromatic ring is 1. The van der Waals surface area contributed by atoms with Crippen molar-refractivity contribution >= 4 is 11.7 Å². The van der Waals surface area contributed by atoms with Gasteiger partial charge in [0.25, 0.3) is 6.43 Å². The minimum Gasteiger partial charge on any atom is -0.487 e. The van der Waals surface area contributed by atoms with Gasteiger partial charge in [-0.05, 0) is 12.1 Å². The van der Waals surface area contributed by atoms with Crippen molar-refractivity contribution in [3.05, 3.63) is 23.8 Å². The highest BCUT2D eigenvalue weighted by Crippen LogP contribution is 2.23. The van der Waals surface area contributed by atoms with E-state index in [1.165, 1.54) is 25.3 Å². The molecule has 0 bridgehead atoms. The van der Waals surface area contributed by atoms with E-state index in [9.17, 15) is 13.6 Å². The Kier molecular flexibility index (Phi) is 4.04. The first kappa shape index (κ1) is 12.2. The molecule has 1 aromatic rings. The highest BCUT2D eigenvalue weighted by Gasteiger charge is 2.14. The predicted octanol–water partition coefficient (Wildman–Crippen LogP) is 1.70. The Morgan fingerprint density at radius 2 is 2.19 bits per heavy atom. The molecule has 0 aromatic heterocycles. The van der Waals surface area contributed by atoms with Crippen molar-refractivity contribution in [2.45, 2.75) is 6.43 Å². The summed E-state index contributed by atoms with van der Waals surface area (Å²) in [5, 5.41) is 0. The van der Waals surface area contributed by atoms with Crippen LogP contribution in [0.25, 0.3) is 0 Å². The molecule has 0 unspecified atom stereocenters. The third-order valence-electron chi connectivity index (χ3n) is 1.78. The summed E-state index contributed by atoms with van der Waals surface area (Å²) in [5.74, 6) is -0.670. The summed E-state index contributed by atoms with van der Waals surface area (Å²) in [6.07, 6.45) is -2.62. The van der Waals surface area contributed by atoms with Gasteiger partial charge in [0, 0.05) is 11.8 Å². The first-order valence-electron chi connectivity index (χ1n) is 4.43. The van der Waals surface area contributed by atoms with Gasteiger partial charge in [0.05, 0.1) is 7.11 Å². The number of rotatable bonds is 4. The summed E-state index contributed by atoms with van der Waals surface area (Å²) in [5.41, 5.74) is 5.84. The third-order valence-corrected chi connectivity index (χ3v) is 1.78. The number of alkyl halides is 2. The smallest absolute Gasteiger partial charge is 0.341 e. The lowest BCUT2D eigenvalue weighted by Gasteiger charge is -2.10. The molecule has 0 atom stereocenters. The van der Waals surface area contributed by atoms with Crippen LogP contribution in [0.1, 0.15) is 10.4 Å². The van der Waals surface area contributed by atoms with Gasteiger partial charge in [0.1, 0.15) is 17.9 Å². The molecule has 88 valence electrons. The van der Waals surface area contributed by atoms with E-state index in [1.807, 2.05) is 0 Å². The van der Waals surface area contributed by atoms with Crippen molar-refractivity contribution in [1.82, 2.24) is 0 Å². The SMILES string of the molecule is COC(=O)c1ccc(N)cc1OCC(F)F. The molecular formula is C10H11F2NO3. The Morgan fingerprint density at radius 3 is 2.75 bits per heavy atom. The molecule has 0 aliphatic rings. The average molecular weight is 231 g/mol. The predicted molar refractivity (Wildman–Crippen MR) is 53.7 cm³/mol. The molecule has 4 nitrogen and oxygen atoms in total. The second-order valence-electron chi connectivity index (χ2n) is 2.95. The van der Waals surface area contributed by atoms with Gasteiger partial charge < -0.3 is 15.2 Å². The molecule has 0 fully saturated rings. The van der Waals surface area contributed by atoms with Gasteiger partial charge in [-0.15, -0.1) is 0 Å². The zero-order chi connectivity index (χ0) is 12.1. The van der Waals surface area contributed by atoms with E-state index in [1.54, 1.807) is 0 Å². The van der Waals surface area contributed by atoms with Crippen molar-refractivity contribution < 1.29 is 23.0 Å². The maximum absolute atomic E-state index is 12.0. The quantitative estimate of drug-likeness (QED) is 0.632. The lowest BCUT2D eigenvalue weighted by molar-refractivity contribution is 0.0578. The molecular weight excluding hydrogens is 220 g/mol. The third kappa shape index (κ3) is 3.08. The molecule has 6 heteroatoms. The van der Waals surface area contributed by atoms with Gasteiger partial charge in [-0.25, -0.2) is 13.6 Å². The first-order valence-corrected chi connectivity index (χ1v) is 4.43. The van der Waals surface area contributed by atoms with Crippen molar-refractivity contribution in [2.75, 3.05) is 19.5 Å². The Balaban J connectivity index is 2.94. The molecule has 1 rings (SSSR count). The van der Waals surface area contributed by atoms with Gasteiger partial charge in [-0.1, -0.05) is 0 Å². The van der Waals surface area contributed by atoms with E-state index in [2.05, 4.69) is 4.74 Å².